The lowest BCUT2D eigenvalue weighted by molar-refractivity contribution is 0.166. The average Bonchev–Trinajstić information content (AvgIpc) is 2.53. The maximum atomic E-state index is 10.2. The first-order valence-electron chi connectivity index (χ1n) is 6.46. The highest BCUT2D eigenvalue weighted by atomic mass is 16.3. The van der Waals surface area contributed by atoms with Gasteiger partial charge in [-0.2, -0.15) is 0 Å². The summed E-state index contributed by atoms with van der Waals surface area (Å²) in [6.45, 7) is 2.14. The van der Waals surface area contributed by atoms with Crippen molar-refractivity contribution in [3.8, 4) is 0 Å². The van der Waals surface area contributed by atoms with E-state index in [4.69, 9.17) is 0 Å². The van der Waals surface area contributed by atoms with Crippen molar-refractivity contribution in [3.63, 3.8) is 0 Å². The highest BCUT2D eigenvalue weighted by Gasteiger charge is 2.19. The topological polar surface area (TPSA) is 20.2 Å². The van der Waals surface area contributed by atoms with Gasteiger partial charge in [-0.05, 0) is 53.6 Å². The van der Waals surface area contributed by atoms with Crippen LogP contribution in [0.5, 0.6) is 0 Å². The summed E-state index contributed by atoms with van der Waals surface area (Å²) in [5.41, 5.74) is 3.82. The van der Waals surface area contributed by atoms with E-state index >= 15 is 0 Å². The molecule has 0 saturated heterocycles. The minimum absolute atomic E-state index is 0.268. The van der Waals surface area contributed by atoms with Crippen molar-refractivity contribution in [2.24, 2.45) is 0 Å². The molecule has 0 fully saturated rings. The van der Waals surface area contributed by atoms with Gasteiger partial charge < -0.3 is 5.11 Å². The zero-order chi connectivity index (χ0) is 11.8. The Morgan fingerprint density at radius 1 is 1.12 bits per heavy atom. The van der Waals surface area contributed by atoms with Crippen LogP contribution in [0.15, 0.2) is 30.3 Å². The van der Waals surface area contributed by atoms with Gasteiger partial charge in [-0.1, -0.05) is 36.8 Å². The van der Waals surface area contributed by atoms with Crippen LogP contribution in [-0.4, -0.2) is 5.11 Å². The Bertz CT molecular complexity index is 557. The first kappa shape index (κ1) is 10.8. The molecule has 17 heavy (non-hydrogen) atoms. The monoisotopic (exact) mass is 226 g/mol. The summed E-state index contributed by atoms with van der Waals surface area (Å²) in [4.78, 5) is 0. The molecule has 0 spiro atoms. The number of aryl methyl sites for hydroxylation is 2. The minimum atomic E-state index is -0.268. The Labute approximate surface area is 102 Å². The highest BCUT2D eigenvalue weighted by Crippen LogP contribution is 2.35. The fraction of sp³-hybridized carbons (Fsp3) is 0.375. The molecule has 0 amide bonds. The lowest BCUT2D eigenvalue weighted by Gasteiger charge is -2.16. The number of fused-ring (bicyclic) bond motifs is 3. The predicted octanol–water partition coefficient (Wildman–Crippen LogP) is 3.91. The highest BCUT2D eigenvalue weighted by molar-refractivity contribution is 5.89. The largest absolute Gasteiger partial charge is 0.388 e. The summed E-state index contributed by atoms with van der Waals surface area (Å²) in [6, 6.07) is 10.8. The molecular formula is C16H18O. The van der Waals surface area contributed by atoms with Crippen LogP contribution in [0.2, 0.25) is 0 Å². The third kappa shape index (κ3) is 1.75. The molecule has 2 aromatic carbocycles. The SMILES string of the molecule is Cc1cc2c(c3ccccc13)CCCC[C@H]2O. The van der Waals surface area contributed by atoms with E-state index in [1.807, 2.05) is 0 Å². The lowest BCUT2D eigenvalue weighted by Crippen LogP contribution is -2.00. The van der Waals surface area contributed by atoms with Gasteiger partial charge >= 0.3 is 0 Å². The zero-order valence-electron chi connectivity index (χ0n) is 10.2. The van der Waals surface area contributed by atoms with Gasteiger partial charge in [0.2, 0.25) is 0 Å². The molecule has 88 valence electrons. The van der Waals surface area contributed by atoms with Gasteiger partial charge in [0.05, 0.1) is 6.10 Å². The lowest BCUT2D eigenvalue weighted by atomic mass is 9.91. The molecule has 3 rings (SSSR count). The third-order valence-electron chi connectivity index (χ3n) is 3.91. The van der Waals surface area contributed by atoms with Crippen molar-refractivity contribution in [3.05, 3.63) is 47.0 Å². The zero-order valence-corrected chi connectivity index (χ0v) is 10.2. The number of aliphatic hydroxyl groups excluding tert-OH is 1. The van der Waals surface area contributed by atoms with Crippen LogP contribution in [0, 0.1) is 6.92 Å². The van der Waals surface area contributed by atoms with Crippen LogP contribution in [0.1, 0.15) is 42.1 Å². The fourth-order valence-corrected chi connectivity index (χ4v) is 3.02. The van der Waals surface area contributed by atoms with Gasteiger partial charge in [0, 0.05) is 0 Å². The van der Waals surface area contributed by atoms with E-state index in [0.717, 1.165) is 19.3 Å². The van der Waals surface area contributed by atoms with Crippen LogP contribution in [-0.2, 0) is 6.42 Å². The molecule has 0 unspecified atom stereocenters. The molecule has 1 aliphatic carbocycles. The van der Waals surface area contributed by atoms with E-state index < -0.39 is 0 Å². The van der Waals surface area contributed by atoms with Gasteiger partial charge in [0.15, 0.2) is 0 Å². The molecule has 1 atom stereocenters. The van der Waals surface area contributed by atoms with Crippen LogP contribution in [0.3, 0.4) is 0 Å². The van der Waals surface area contributed by atoms with E-state index in [-0.39, 0.29) is 6.10 Å². The molecule has 0 heterocycles. The Morgan fingerprint density at radius 2 is 1.88 bits per heavy atom. The summed E-state index contributed by atoms with van der Waals surface area (Å²) >= 11 is 0. The average molecular weight is 226 g/mol. The summed E-state index contributed by atoms with van der Waals surface area (Å²) < 4.78 is 0. The number of rotatable bonds is 0. The second-order valence-corrected chi connectivity index (χ2v) is 5.07. The van der Waals surface area contributed by atoms with Gasteiger partial charge in [-0.3, -0.25) is 0 Å². The molecule has 0 radical (unpaired) electrons. The van der Waals surface area contributed by atoms with E-state index in [0.29, 0.717) is 0 Å². The van der Waals surface area contributed by atoms with E-state index in [9.17, 15) is 5.11 Å². The molecule has 0 saturated carbocycles. The molecule has 1 nitrogen and oxygen atoms in total. The Morgan fingerprint density at radius 3 is 2.71 bits per heavy atom. The molecule has 0 aliphatic heterocycles. The number of benzene rings is 2. The van der Waals surface area contributed by atoms with Crippen molar-refractivity contribution < 1.29 is 5.11 Å². The van der Waals surface area contributed by atoms with Gasteiger partial charge in [0.25, 0.3) is 0 Å². The molecule has 1 aliphatic rings. The summed E-state index contributed by atoms with van der Waals surface area (Å²) in [5.74, 6) is 0. The standard InChI is InChI=1S/C16H18O/c1-11-10-15-14(8-4-5-9-16(15)17)13-7-3-2-6-12(11)13/h2-3,6-7,10,16-17H,4-5,8-9H2,1H3/t16-/m1/s1. The summed E-state index contributed by atoms with van der Waals surface area (Å²) in [7, 11) is 0. The fourth-order valence-electron chi connectivity index (χ4n) is 3.02. The van der Waals surface area contributed by atoms with Crippen molar-refractivity contribution in [2.45, 2.75) is 38.7 Å². The summed E-state index contributed by atoms with van der Waals surface area (Å²) in [6.07, 6.45) is 4.06. The maximum Gasteiger partial charge on any atom is 0.0793 e. The quantitative estimate of drug-likeness (QED) is 0.675. The summed E-state index contributed by atoms with van der Waals surface area (Å²) in [5, 5.41) is 12.9. The first-order valence-corrected chi connectivity index (χ1v) is 6.46. The van der Waals surface area contributed by atoms with Crippen molar-refractivity contribution in [1.29, 1.82) is 0 Å². The third-order valence-corrected chi connectivity index (χ3v) is 3.91. The van der Waals surface area contributed by atoms with E-state index in [1.165, 1.54) is 33.9 Å². The van der Waals surface area contributed by atoms with Gasteiger partial charge in [-0.15, -0.1) is 0 Å². The van der Waals surface area contributed by atoms with Gasteiger partial charge in [0.1, 0.15) is 0 Å². The number of hydrogen-bond acceptors (Lipinski definition) is 1. The number of hydrogen-bond donors (Lipinski definition) is 1. The molecule has 1 N–H and O–H groups in total. The minimum Gasteiger partial charge on any atom is -0.388 e. The van der Waals surface area contributed by atoms with Gasteiger partial charge in [-0.25, -0.2) is 0 Å². The molecule has 0 bridgehead atoms. The van der Waals surface area contributed by atoms with Crippen molar-refractivity contribution >= 4 is 10.8 Å². The van der Waals surface area contributed by atoms with Crippen LogP contribution in [0.4, 0.5) is 0 Å². The smallest absolute Gasteiger partial charge is 0.0793 e. The maximum absolute atomic E-state index is 10.2. The molecule has 2 aromatic rings. The first-order chi connectivity index (χ1) is 8.27. The van der Waals surface area contributed by atoms with E-state index in [2.05, 4.69) is 37.3 Å². The Hall–Kier alpha value is -1.34. The predicted molar refractivity (Wildman–Crippen MR) is 71.2 cm³/mol. The molecule has 1 heteroatoms. The Kier molecular flexibility index (Phi) is 2.64. The molecular weight excluding hydrogens is 208 g/mol. The van der Waals surface area contributed by atoms with Crippen molar-refractivity contribution in [1.82, 2.24) is 0 Å². The second kappa shape index (κ2) is 4.15. The van der Waals surface area contributed by atoms with Crippen LogP contribution < -0.4 is 0 Å². The van der Waals surface area contributed by atoms with Crippen LogP contribution >= 0.6 is 0 Å². The second-order valence-electron chi connectivity index (χ2n) is 5.07. The Balaban J connectivity index is 2.34. The number of aliphatic hydroxyl groups is 1. The normalized spacial score (nSPS) is 20.0. The van der Waals surface area contributed by atoms with Crippen LogP contribution in [0.25, 0.3) is 10.8 Å². The molecule has 0 aromatic heterocycles. The van der Waals surface area contributed by atoms with Crippen molar-refractivity contribution in [2.75, 3.05) is 0 Å². The van der Waals surface area contributed by atoms with E-state index in [1.54, 1.807) is 0 Å².